The molecule has 34 heavy (non-hydrogen) atoms. The van der Waals surface area contributed by atoms with E-state index in [1.165, 1.54) is 12.8 Å². The molecule has 6 nitrogen and oxygen atoms in total. The van der Waals surface area contributed by atoms with Crippen LogP contribution in [0.5, 0.6) is 0 Å². The van der Waals surface area contributed by atoms with Gasteiger partial charge in [-0.15, -0.1) is 11.6 Å². The Bertz CT molecular complexity index is 1180. The first-order valence-corrected chi connectivity index (χ1v) is 12.9. The van der Waals surface area contributed by atoms with Gasteiger partial charge < -0.3 is 10.6 Å². The summed E-state index contributed by atoms with van der Waals surface area (Å²) in [4.78, 5) is 23.7. The van der Waals surface area contributed by atoms with E-state index in [1.54, 1.807) is 12.3 Å². The lowest BCUT2D eigenvalue weighted by molar-refractivity contribution is 0.0946. The molecule has 0 unspecified atom stereocenters. The van der Waals surface area contributed by atoms with E-state index in [2.05, 4.69) is 26.6 Å². The highest BCUT2D eigenvalue weighted by Gasteiger charge is 2.24. The van der Waals surface area contributed by atoms with E-state index in [-0.39, 0.29) is 17.5 Å². The topological polar surface area (TPSA) is 70.2 Å². The number of halogens is 2. The number of benzene rings is 1. The molecule has 1 amide bonds. The third-order valence-corrected chi connectivity index (χ3v) is 7.26. The number of hydrogen-bond donors (Lipinski definition) is 2. The van der Waals surface area contributed by atoms with Crippen molar-refractivity contribution in [3.8, 4) is 11.1 Å². The minimum absolute atomic E-state index is 0.152. The van der Waals surface area contributed by atoms with Crippen LogP contribution in [0.1, 0.15) is 49.0 Å². The fourth-order valence-corrected chi connectivity index (χ4v) is 4.93. The minimum atomic E-state index is -0.152. The standard InChI is InChI=1S/C26H29Cl2N5O/c27-21-16-30-23(26(34)31-19-7-8-19)15-20(21)17-5-9-22-18(14-17)6-10-25(32-22)29-11-3-13-33-12-2-1-4-24(33)28/h5-6,9-10,14-16,19,24H,1-4,7-8,11-13H2,(H,29,32)(H,31,34)/t24-/m1/s1. The molecule has 0 radical (unpaired) electrons. The minimum Gasteiger partial charge on any atom is -0.370 e. The van der Waals surface area contributed by atoms with E-state index >= 15 is 0 Å². The van der Waals surface area contributed by atoms with Gasteiger partial charge in [0.1, 0.15) is 11.5 Å². The van der Waals surface area contributed by atoms with Gasteiger partial charge in [0.2, 0.25) is 0 Å². The van der Waals surface area contributed by atoms with Crippen LogP contribution in [0, 0.1) is 0 Å². The van der Waals surface area contributed by atoms with Gasteiger partial charge in [-0.3, -0.25) is 9.69 Å². The number of nitrogens with one attached hydrogen (secondary N) is 2. The second-order valence-electron chi connectivity index (χ2n) is 9.15. The third kappa shape index (κ3) is 5.62. The van der Waals surface area contributed by atoms with E-state index in [0.717, 1.165) is 73.2 Å². The van der Waals surface area contributed by atoms with Gasteiger partial charge in [-0.2, -0.15) is 0 Å². The summed E-state index contributed by atoms with van der Waals surface area (Å²) in [6.07, 6.45) is 8.20. The van der Waals surface area contributed by atoms with E-state index < -0.39 is 0 Å². The smallest absolute Gasteiger partial charge is 0.270 e. The van der Waals surface area contributed by atoms with Crippen LogP contribution < -0.4 is 10.6 Å². The van der Waals surface area contributed by atoms with Crippen molar-refractivity contribution in [2.75, 3.05) is 25.0 Å². The molecule has 8 heteroatoms. The number of nitrogens with zero attached hydrogens (tertiary/aromatic N) is 3. The molecule has 2 N–H and O–H groups in total. The number of rotatable bonds is 8. The Kier molecular flexibility index (Phi) is 7.18. The zero-order valence-corrected chi connectivity index (χ0v) is 20.6. The highest BCUT2D eigenvalue weighted by molar-refractivity contribution is 6.33. The van der Waals surface area contributed by atoms with Gasteiger partial charge in [0.05, 0.1) is 16.0 Å². The van der Waals surface area contributed by atoms with Gasteiger partial charge in [0, 0.05) is 36.3 Å². The molecule has 178 valence electrons. The van der Waals surface area contributed by atoms with Crippen molar-refractivity contribution in [3.05, 3.63) is 53.3 Å². The first-order valence-electron chi connectivity index (χ1n) is 12.1. The van der Waals surface area contributed by atoms with E-state index in [1.807, 2.05) is 24.3 Å². The Morgan fingerprint density at radius 1 is 1.12 bits per heavy atom. The van der Waals surface area contributed by atoms with Gasteiger partial charge in [-0.25, -0.2) is 9.97 Å². The third-order valence-electron chi connectivity index (χ3n) is 6.46. The maximum Gasteiger partial charge on any atom is 0.270 e. The van der Waals surface area contributed by atoms with Crippen LogP contribution in [0.15, 0.2) is 42.6 Å². The van der Waals surface area contributed by atoms with Crippen LogP contribution in [0.2, 0.25) is 5.02 Å². The number of hydrogen-bond acceptors (Lipinski definition) is 5. The lowest BCUT2D eigenvalue weighted by atomic mass is 10.0. The quantitative estimate of drug-likeness (QED) is 0.237. The Balaban J connectivity index is 1.24. The van der Waals surface area contributed by atoms with E-state index in [0.29, 0.717) is 10.7 Å². The Morgan fingerprint density at radius 3 is 2.82 bits per heavy atom. The molecule has 5 rings (SSSR count). The van der Waals surface area contributed by atoms with Crippen LogP contribution >= 0.6 is 23.2 Å². The van der Waals surface area contributed by atoms with Crippen molar-refractivity contribution in [3.63, 3.8) is 0 Å². The number of anilines is 1. The van der Waals surface area contributed by atoms with E-state index in [4.69, 9.17) is 28.2 Å². The number of carbonyl (C=O) groups is 1. The molecule has 1 saturated heterocycles. The fourth-order valence-electron chi connectivity index (χ4n) is 4.36. The molecule has 2 aliphatic rings. The lowest BCUT2D eigenvalue weighted by Crippen LogP contribution is -2.37. The van der Waals surface area contributed by atoms with Crippen LogP contribution in [0.4, 0.5) is 5.82 Å². The zero-order chi connectivity index (χ0) is 23.5. The van der Waals surface area contributed by atoms with Crippen molar-refractivity contribution < 1.29 is 4.79 Å². The summed E-state index contributed by atoms with van der Waals surface area (Å²) in [7, 11) is 0. The number of likely N-dealkylation sites (tertiary alicyclic amines) is 1. The lowest BCUT2D eigenvalue weighted by Gasteiger charge is -2.31. The predicted molar refractivity (Wildman–Crippen MR) is 139 cm³/mol. The van der Waals surface area contributed by atoms with Gasteiger partial charge in [-0.1, -0.05) is 17.7 Å². The number of aromatic nitrogens is 2. The molecule has 2 fully saturated rings. The summed E-state index contributed by atoms with van der Waals surface area (Å²) < 4.78 is 0. The summed E-state index contributed by atoms with van der Waals surface area (Å²) in [6, 6.07) is 12.1. The Hall–Kier alpha value is -2.41. The molecule has 1 saturated carbocycles. The summed E-state index contributed by atoms with van der Waals surface area (Å²) in [5.41, 5.74) is 3.19. The molecule has 3 heterocycles. The largest absolute Gasteiger partial charge is 0.370 e. The molecule has 1 aliphatic carbocycles. The molecule has 0 spiro atoms. The molecule has 1 atom stereocenters. The van der Waals surface area contributed by atoms with Crippen LogP contribution in [-0.4, -0.2) is 52.0 Å². The Labute approximate surface area is 210 Å². The number of pyridine rings is 2. The zero-order valence-electron chi connectivity index (χ0n) is 19.1. The number of carbonyl (C=O) groups excluding carboxylic acids is 1. The van der Waals surface area contributed by atoms with Crippen molar-refractivity contribution in [2.24, 2.45) is 0 Å². The van der Waals surface area contributed by atoms with E-state index in [9.17, 15) is 4.79 Å². The molecule has 3 aromatic rings. The second kappa shape index (κ2) is 10.5. The van der Waals surface area contributed by atoms with Crippen molar-refractivity contribution in [2.45, 2.75) is 50.1 Å². The molecular formula is C26H29Cl2N5O. The second-order valence-corrected chi connectivity index (χ2v) is 10.1. The molecular weight excluding hydrogens is 469 g/mol. The van der Waals surface area contributed by atoms with Gasteiger partial charge in [0.15, 0.2) is 0 Å². The maximum absolute atomic E-state index is 12.4. The molecule has 2 aromatic heterocycles. The molecule has 1 aromatic carbocycles. The average Bonchev–Trinajstić information content (AvgIpc) is 3.67. The summed E-state index contributed by atoms with van der Waals surface area (Å²) in [5.74, 6) is 0.711. The molecule has 1 aliphatic heterocycles. The average molecular weight is 498 g/mol. The SMILES string of the molecule is O=C(NC1CC1)c1cc(-c2ccc3nc(NCCCN4CCCC[C@@H]4Cl)ccc3c2)c(Cl)cn1. The number of amides is 1. The fraction of sp³-hybridized carbons (Fsp3) is 0.423. The normalized spacial score (nSPS) is 18.7. The number of fused-ring (bicyclic) bond motifs is 1. The Morgan fingerprint density at radius 2 is 2.00 bits per heavy atom. The van der Waals surface area contributed by atoms with Gasteiger partial charge >= 0.3 is 0 Å². The van der Waals surface area contributed by atoms with Crippen molar-refractivity contribution >= 4 is 45.8 Å². The van der Waals surface area contributed by atoms with Crippen LogP contribution in [-0.2, 0) is 0 Å². The van der Waals surface area contributed by atoms with Gasteiger partial charge in [0.25, 0.3) is 5.91 Å². The molecule has 0 bridgehead atoms. The summed E-state index contributed by atoms with van der Waals surface area (Å²) >= 11 is 12.9. The van der Waals surface area contributed by atoms with Gasteiger partial charge in [-0.05, 0) is 81.0 Å². The van der Waals surface area contributed by atoms with Crippen molar-refractivity contribution in [1.29, 1.82) is 0 Å². The monoisotopic (exact) mass is 497 g/mol. The van der Waals surface area contributed by atoms with Crippen LogP contribution in [0.25, 0.3) is 22.0 Å². The van der Waals surface area contributed by atoms with Crippen molar-refractivity contribution in [1.82, 2.24) is 20.2 Å². The highest BCUT2D eigenvalue weighted by atomic mass is 35.5. The maximum atomic E-state index is 12.4. The summed E-state index contributed by atoms with van der Waals surface area (Å²) in [6.45, 7) is 2.96. The summed E-state index contributed by atoms with van der Waals surface area (Å²) in [5, 5.41) is 7.93. The number of alkyl halides is 1. The predicted octanol–water partition coefficient (Wildman–Crippen LogP) is 5.70. The first-order chi connectivity index (χ1) is 16.6. The first kappa shape index (κ1) is 23.3. The number of piperidine rings is 1. The highest BCUT2D eigenvalue weighted by Crippen LogP contribution is 2.31. The van der Waals surface area contributed by atoms with Crippen LogP contribution in [0.3, 0.4) is 0 Å².